The lowest BCUT2D eigenvalue weighted by atomic mass is 9.87. The van der Waals surface area contributed by atoms with Gasteiger partial charge in [-0.05, 0) is 60.6 Å². The molecule has 3 unspecified atom stereocenters. The lowest BCUT2D eigenvalue weighted by Gasteiger charge is -2.56. The van der Waals surface area contributed by atoms with E-state index in [2.05, 4.69) is 56.3 Å². The summed E-state index contributed by atoms with van der Waals surface area (Å²) in [6.45, 7) is 2.81. The van der Waals surface area contributed by atoms with Gasteiger partial charge in [0.2, 0.25) is 5.88 Å². The van der Waals surface area contributed by atoms with Crippen LogP contribution in [0, 0.1) is 11.3 Å². The number of aliphatic hydroxyl groups excluding tert-OH is 1. The third kappa shape index (κ3) is 4.39. The van der Waals surface area contributed by atoms with E-state index in [1.165, 1.54) is 17.6 Å². The van der Waals surface area contributed by atoms with Crippen molar-refractivity contribution < 1.29 is 9.84 Å². The van der Waals surface area contributed by atoms with Gasteiger partial charge in [-0.15, -0.1) is 0 Å². The second-order valence-corrected chi connectivity index (χ2v) is 11.0. The Bertz CT molecular complexity index is 1610. The van der Waals surface area contributed by atoms with E-state index < -0.39 is 0 Å². The summed E-state index contributed by atoms with van der Waals surface area (Å²) in [6, 6.07) is 13.7. The second kappa shape index (κ2) is 10.0. The molecule has 0 spiro atoms. The fourth-order valence-corrected chi connectivity index (χ4v) is 6.38. The number of piperazine rings is 1. The molecule has 7 heterocycles. The zero-order valence-electron chi connectivity index (χ0n) is 22.4. The van der Waals surface area contributed by atoms with E-state index in [0.29, 0.717) is 29.9 Å². The first-order valence-corrected chi connectivity index (χ1v) is 13.8. The third-order valence-electron chi connectivity index (χ3n) is 8.59. The van der Waals surface area contributed by atoms with Crippen LogP contribution in [0.3, 0.4) is 0 Å². The number of pyridine rings is 3. The molecule has 202 valence electrons. The van der Waals surface area contributed by atoms with E-state index in [9.17, 15) is 10.4 Å². The van der Waals surface area contributed by atoms with Crippen molar-refractivity contribution in [1.82, 2.24) is 24.5 Å². The van der Waals surface area contributed by atoms with E-state index in [-0.39, 0.29) is 6.10 Å². The van der Waals surface area contributed by atoms with Crippen LogP contribution < -0.4 is 9.64 Å². The molecule has 2 bridgehead atoms. The van der Waals surface area contributed by atoms with Gasteiger partial charge in [-0.1, -0.05) is 12.1 Å². The van der Waals surface area contributed by atoms with Gasteiger partial charge in [-0.25, -0.2) is 14.5 Å². The van der Waals surface area contributed by atoms with Gasteiger partial charge in [0.05, 0.1) is 30.5 Å². The van der Waals surface area contributed by atoms with Crippen molar-refractivity contribution >= 4 is 16.9 Å². The summed E-state index contributed by atoms with van der Waals surface area (Å²) in [5.74, 6) is 1.62. The molecule has 4 aliphatic rings. The fraction of sp³-hybridized carbons (Fsp3) is 0.355. The van der Waals surface area contributed by atoms with Gasteiger partial charge >= 0.3 is 0 Å². The van der Waals surface area contributed by atoms with Crippen molar-refractivity contribution in [1.29, 1.82) is 5.26 Å². The molecular formula is C31H31N7O2. The normalized spacial score (nSPS) is 22.5. The summed E-state index contributed by atoms with van der Waals surface area (Å²) in [5.41, 5.74) is 6.71. The largest absolute Gasteiger partial charge is 0.481 e. The van der Waals surface area contributed by atoms with Crippen LogP contribution in [0.15, 0.2) is 61.2 Å². The van der Waals surface area contributed by atoms with Crippen LogP contribution in [-0.2, 0) is 6.54 Å². The molecule has 1 N–H and O–H groups in total. The zero-order valence-corrected chi connectivity index (χ0v) is 22.4. The Morgan fingerprint density at radius 3 is 2.62 bits per heavy atom. The number of hydrogen-bond donors (Lipinski definition) is 1. The van der Waals surface area contributed by atoms with E-state index in [1.807, 2.05) is 24.7 Å². The molecule has 3 aliphatic heterocycles. The maximum atomic E-state index is 9.94. The molecule has 1 aliphatic carbocycles. The van der Waals surface area contributed by atoms with Gasteiger partial charge in [0.1, 0.15) is 11.9 Å². The minimum absolute atomic E-state index is 0.272. The Hall–Kier alpha value is -4.26. The number of aliphatic hydroxyl groups is 1. The predicted molar refractivity (Wildman–Crippen MR) is 152 cm³/mol. The lowest BCUT2D eigenvalue weighted by Crippen LogP contribution is -2.68. The minimum atomic E-state index is -0.272. The molecule has 3 fully saturated rings. The highest BCUT2D eigenvalue weighted by atomic mass is 16.5. The molecule has 0 radical (unpaired) electrons. The van der Waals surface area contributed by atoms with Crippen LogP contribution in [0.4, 0.5) is 5.82 Å². The van der Waals surface area contributed by atoms with Gasteiger partial charge in [0.15, 0.2) is 0 Å². The van der Waals surface area contributed by atoms with Gasteiger partial charge in [-0.3, -0.25) is 4.90 Å². The monoisotopic (exact) mass is 533 g/mol. The van der Waals surface area contributed by atoms with Gasteiger partial charge in [-0.2, -0.15) is 10.4 Å². The first-order valence-electron chi connectivity index (χ1n) is 13.8. The Kier molecular flexibility index (Phi) is 6.22. The van der Waals surface area contributed by atoms with Gasteiger partial charge < -0.3 is 14.7 Å². The second-order valence-electron chi connectivity index (χ2n) is 11.0. The molecule has 8 rings (SSSR count). The number of hydrogen-bond acceptors (Lipinski definition) is 8. The number of allylic oxidation sites excluding steroid dienone is 1. The molecule has 3 saturated heterocycles. The highest BCUT2D eigenvalue weighted by Gasteiger charge is 2.44. The molecule has 0 aromatic carbocycles. The van der Waals surface area contributed by atoms with Gasteiger partial charge in [0, 0.05) is 67.5 Å². The smallest absolute Gasteiger partial charge is 0.212 e. The van der Waals surface area contributed by atoms with Crippen molar-refractivity contribution in [2.75, 3.05) is 25.1 Å². The van der Waals surface area contributed by atoms with Crippen LogP contribution in [0.5, 0.6) is 5.88 Å². The Balaban J connectivity index is 1.11. The number of ether oxygens (including phenoxy) is 1. The molecule has 4 aromatic rings. The zero-order chi connectivity index (χ0) is 27.2. The number of methoxy groups -OCH3 is 1. The standard InChI is InChI=1S/C31H31N7O2/c1-40-30-9-2-20(13-34-30)16-37-25-11-26(37)19-36(18-25)29-8-5-22(14-33-29)28-10-23(21-3-6-27(39)7-4-21)17-38-31(28)24(12-32)15-35-38/h2-3,5,8-10,13-15,17,25-27,39H,4,6-7,11,16,18-19H2,1H3. The van der Waals surface area contributed by atoms with E-state index in [0.717, 1.165) is 60.5 Å². The van der Waals surface area contributed by atoms with Crippen molar-refractivity contribution in [2.24, 2.45) is 0 Å². The maximum Gasteiger partial charge on any atom is 0.212 e. The average Bonchev–Trinajstić information content (AvgIpc) is 3.43. The molecule has 4 aromatic heterocycles. The fourth-order valence-electron chi connectivity index (χ4n) is 6.38. The summed E-state index contributed by atoms with van der Waals surface area (Å²) in [4.78, 5) is 14.2. The average molecular weight is 534 g/mol. The SMILES string of the molecule is COc1ccc(CN2C3CC2CN(c2ccc(-c4cc(C5=CCC(O)CC5)cn5ncc(C#N)c45)cn2)C3)cn1. The molecule has 40 heavy (non-hydrogen) atoms. The van der Waals surface area contributed by atoms with Crippen molar-refractivity contribution in [3.8, 4) is 23.1 Å². The summed E-state index contributed by atoms with van der Waals surface area (Å²) in [5, 5.41) is 24.2. The predicted octanol–water partition coefficient (Wildman–Crippen LogP) is 4.06. The van der Waals surface area contributed by atoms with Crippen LogP contribution in [0.1, 0.15) is 42.4 Å². The van der Waals surface area contributed by atoms with E-state index in [4.69, 9.17) is 9.72 Å². The topological polar surface area (TPSA) is 103 Å². The van der Waals surface area contributed by atoms with Crippen LogP contribution in [0.25, 0.3) is 22.2 Å². The third-order valence-corrected chi connectivity index (χ3v) is 8.59. The van der Waals surface area contributed by atoms with E-state index >= 15 is 0 Å². The molecule has 9 heteroatoms. The lowest BCUT2D eigenvalue weighted by molar-refractivity contribution is -0.00876. The maximum absolute atomic E-state index is 9.94. The van der Waals surface area contributed by atoms with Crippen LogP contribution >= 0.6 is 0 Å². The highest BCUT2D eigenvalue weighted by molar-refractivity contribution is 5.87. The Morgan fingerprint density at radius 2 is 1.95 bits per heavy atom. The number of anilines is 1. The summed E-state index contributed by atoms with van der Waals surface area (Å²) >= 11 is 0. The van der Waals surface area contributed by atoms with E-state index in [1.54, 1.807) is 17.8 Å². The number of nitrogens with zero attached hydrogens (tertiary/aromatic N) is 7. The molecule has 3 atom stereocenters. The highest BCUT2D eigenvalue weighted by Crippen LogP contribution is 2.37. The van der Waals surface area contributed by atoms with Crippen molar-refractivity contribution in [3.05, 3.63) is 77.9 Å². The minimum Gasteiger partial charge on any atom is -0.481 e. The molecule has 9 nitrogen and oxygen atoms in total. The summed E-state index contributed by atoms with van der Waals surface area (Å²) < 4.78 is 6.99. The Labute approximate surface area is 233 Å². The number of piperidine rings is 1. The first-order chi connectivity index (χ1) is 19.6. The summed E-state index contributed by atoms with van der Waals surface area (Å²) in [7, 11) is 1.64. The molecule has 0 amide bonds. The number of nitriles is 1. The van der Waals surface area contributed by atoms with Crippen LogP contribution in [0.2, 0.25) is 0 Å². The number of fused-ring (bicyclic) bond motifs is 3. The summed E-state index contributed by atoms with van der Waals surface area (Å²) in [6.07, 6.45) is 12.7. The molecule has 0 saturated carbocycles. The molecular weight excluding hydrogens is 502 g/mol. The quantitative estimate of drug-likeness (QED) is 0.396. The number of aromatic nitrogens is 4. The number of rotatable bonds is 6. The van der Waals surface area contributed by atoms with Crippen molar-refractivity contribution in [2.45, 2.75) is 50.4 Å². The first kappa shape index (κ1) is 24.8. The Morgan fingerprint density at radius 1 is 1.07 bits per heavy atom. The van der Waals surface area contributed by atoms with Gasteiger partial charge in [0.25, 0.3) is 0 Å². The van der Waals surface area contributed by atoms with Crippen LogP contribution in [-0.4, -0.2) is 68.0 Å². The van der Waals surface area contributed by atoms with Crippen molar-refractivity contribution in [3.63, 3.8) is 0 Å².